The number of carbonyl (C=O) groups excluding carboxylic acids is 4. The van der Waals surface area contributed by atoms with Crippen LogP contribution in [0.1, 0.15) is 213 Å². The summed E-state index contributed by atoms with van der Waals surface area (Å²) in [6, 6.07) is -7.23. The summed E-state index contributed by atoms with van der Waals surface area (Å²) in [7, 11) is 0. The Morgan fingerprint density at radius 3 is 1.29 bits per heavy atom. The normalized spacial score (nSPS) is 34.8. The lowest BCUT2D eigenvalue weighted by molar-refractivity contribution is -0.391. The SMILES string of the molecule is CCCCCCCCCCCCC/C=C/[C@@H](O)[C@H](CO[C@@H]1OC(CO)[C@@H](O[C@@H]2OC(CO)[C@H](O)[C@H](O[C@@H]3OC(CO)[C@@H](O[C@@H]4OC(CO)[C@H](O)[C@H](O[C@]5(C(=O)O)CC(O)[C@@H](NC(=O)CO)C([C@H](O)[C@@H](CO)O[C@]6(C(=O)O)CC(O)[C@@H](NC(=O)CO)C([C@H](O)[C@H](O)CO)O6)O5)C4O)[C@H](O)C3NC(C)=O)C2O)[C@H](O)C1O)NC(=O)CCCCCCCCCCCCCCCCC. The van der Waals surface area contributed by atoms with Crippen LogP contribution in [0.2, 0.25) is 0 Å². The molecule has 0 aromatic carbocycles. The zero-order valence-electron chi connectivity index (χ0n) is 73.8. The minimum Gasteiger partial charge on any atom is -0.477 e. The summed E-state index contributed by atoms with van der Waals surface area (Å²) in [5, 5.41) is 265. The van der Waals surface area contributed by atoms with Crippen LogP contribution in [0, 0.1) is 0 Å². The fraction of sp³-hybridized carbons (Fsp3) is 0.905. The van der Waals surface area contributed by atoms with Gasteiger partial charge in [0, 0.05) is 26.2 Å². The monoisotopic (exact) mass is 1870 g/mol. The van der Waals surface area contributed by atoms with Crippen molar-refractivity contribution in [3.63, 3.8) is 0 Å². The van der Waals surface area contributed by atoms with E-state index in [0.717, 1.165) is 64.7 Å². The molecule has 0 aromatic rings. The molecule has 6 aliphatic rings. The average molecular weight is 1870 g/mol. The first-order chi connectivity index (χ1) is 61.6. The van der Waals surface area contributed by atoms with Gasteiger partial charge in [0.2, 0.25) is 23.6 Å². The average Bonchev–Trinajstić information content (AvgIpc) is 0.753. The van der Waals surface area contributed by atoms with Crippen LogP contribution in [-0.4, -0.2) is 420 Å². The van der Waals surface area contributed by atoms with E-state index in [1.54, 1.807) is 6.08 Å². The summed E-state index contributed by atoms with van der Waals surface area (Å²) in [6.07, 6.45) is -30.6. The number of hydrogen-bond donors (Lipinski definition) is 27. The van der Waals surface area contributed by atoms with Crippen LogP contribution >= 0.6 is 0 Å². The quantitative estimate of drug-likeness (QED) is 0.0199. The maximum atomic E-state index is 13.7. The first-order valence-corrected chi connectivity index (χ1v) is 45.6. The number of hydrogen-bond acceptors (Lipinski definition) is 39. The number of allylic oxidation sites excluding steroid dienone is 1. The first-order valence-electron chi connectivity index (χ1n) is 45.6. The third-order valence-corrected chi connectivity index (χ3v) is 24.3. The number of aliphatic hydroxyl groups excluding tert-OH is 21. The summed E-state index contributed by atoms with van der Waals surface area (Å²) in [5.41, 5.74) is 0. The lowest BCUT2D eigenvalue weighted by Crippen LogP contribution is -2.72. The number of aliphatic hydroxyl groups is 21. The Kier molecular flexibility index (Phi) is 50.8. The van der Waals surface area contributed by atoms with Crippen molar-refractivity contribution in [3.05, 3.63) is 12.2 Å². The molecule has 6 aliphatic heterocycles. The number of aliphatic carboxylic acids is 2. The van der Waals surface area contributed by atoms with Gasteiger partial charge in [-0.05, 0) is 19.3 Å². The second-order valence-corrected chi connectivity index (χ2v) is 34.3. The van der Waals surface area contributed by atoms with Gasteiger partial charge in [-0.3, -0.25) is 19.2 Å². The third-order valence-electron chi connectivity index (χ3n) is 24.3. The van der Waals surface area contributed by atoms with E-state index in [2.05, 4.69) is 24.5 Å². The molecule has 0 radical (unpaired) electrons. The van der Waals surface area contributed by atoms with Gasteiger partial charge in [0.15, 0.2) is 25.2 Å². The number of carboxylic acids is 2. The van der Waals surface area contributed by atoms with E-state index >= 15 is 0 Å². The molecule has 750 valence electrons. The highest BCUT2D eigenvalue weighted by molar-refractivity contribution is 5.79. The fourth-order valence-electron chi connectivity index (χ4n) is 16.9. The Hall–Kier alpha value is -4.76. The highest BCUT2D eigenvalue weighted by atomic mass is 16.8. The van der Waals surface area contributed by atoms with Gasteiger partial charge in [-0.1, -0.05) is 180 Å². The zero-order valence-corrected chi connectivity index (χ0v) is 73.8. The zero-order chi connectivity index (χ0) is 95.2. The second kappa shape index (κ2) is 58.0. The van der Waals surface area contributed by atoms with E-state index < -0.39 is 309 Å². The topological polar surface area (TPSA) is 727 Å². The van der Waals surface area contributed by atoms with E-state index in [-0.39, 0.29) is 12.3 Å². The van der Waals surface area contributed by atoms with Crippen LogP contribution in [0.5, 0.6) is 0 Å². The molecule has 0 spiro atoms. The predicted octanol–water partition coefficient (Wildman–Crippen LogP) is -5.92. The van der Waals surface area contributed by atoms with E-state index in [1.165, 1.54) is 103 Å². The van der Waals surface area contributed by atoms with E-state index in [0.29, 0.717) is 12.8 Å². The van der Waals surface area contributed by atoms with Crippen LogP contribution in [0.25, 0.3) is 0 Å². The minimum absolute atomic E-state index is 0.140. The lowest BCUT2D eigenvalue weighted by Gasteiger charge is -2.52. The number of amides is 4. The Morgan fingerprint density at radius 1 is 0.426 bits per heavy atom. The van der Waals surface area contributed by atoms with Crippen LogP contribution < -0.4 is 21.3 Å². The molecule has 129 heavy (non-hydrogen) atoms. The summed E-state index contributed by atoms with van der Waals surface area (Å²) < 4.78 is 70.3. The van der Waals surface area contributed by atoms with Gasteiger partial charge in [-0.25, -0.2) is 9.59 Å². The van der Waals surface area contributed by atoms with Crippen molar-refractivity contribution < 1.29 is 203 Å². The summed E-state index contributed by atoms with van der Waals surface area (Å²) >= 11 is 0. The predicted molar refractivity (Wildman–Crippen MR) is 443 cm³/mol. The van der Waals surface area contributed by atoms with Gasteiger partial charge in [0.05, 0.1) is 82.7 Å². The van der Waals surface area contributed by atoms with Gasteiger partial charge in [-0.2, -0.15) is 0 Å². The van der Waals surface area contributed by atoms with Crippen molar-refractivity contribution in [2.24, 2.45) is 0 Å². The van der Waals surface area contributed by atoms with Crippen molar-refractivity contribution in [3.8, 4) is 0 Å². The molecule has 6 rings (SSSR count). The molecule has 12 unspecified atom stereocenters. The van der Waals surface area contributed by atoms with Crippen LogP contribution in [0.3, 0.4) is 0 Å². The Bertz CT molecular complexity index is 3240. The van der Waals surface area contributed by atoms with Crippen molar-refractivity contribution >= 4 is 35.6 Å². The van der Waals surface area contributed by atoms with Gasteiger partial charge in [-0.15, -0.1) is 0 Å². The molecule has 0 aliphatic carbocycles. The fourth-order valence-corrected chi connectivity index (χ4v) is 16.9. The maximum Gasteiger partial charge on any atom is 0.364 e. The second-order valence-electron chi connectivity index (χ2n) is 34.3. The molecular formula is C84H148N4O41. The highest BCUT2D eigenvalue weighted by Gasteiger charge is 2.64. The first kappa shape index (κ1) is 113. The number of ether oxygens (including phenoxy) is 12. The molecule has 6 fully saturated rings. The number of nitrogens with one attached hydrogen (secondary N) is 4. The van der Waals surface area contributed by atoms with Crippen molar-refractivity contribution in [2.45, 2.75) is 421 Å². The Balaban J connectivity index is 1.16. The Morgan fingerprint density at radius 2 is 0.837 bits per heavy atom. The molecule has 0 saturated carbocycles. The largest absolute Gasteiger partial charge is 0.477 e. The molecule has 0 aromatic heterocycles. The molecule has 45 nitrogen and oxygen atoms in total. The molecule has 6 heterocycles. The van der Waals surface area contributed by atoms with E-state index in [9.17, 15) is 146 Å². The molecule has 27 N–H and O–H groups in total. The van der Waals surface area contributed by atoms with Crippen LogP contribution in [0.4, 0.5) is 0 Å². The van der Waals surface area contributed by atoms with E-state index in [4.69, 9.17) is 56.8 Å². The van der Waals surface area contributed by atoms with Gasteiger partial charge in [0.1, 0.15) is 147 Å². The number of unbranched alkanes of at least 4 members (excludes halogenated alkanes) is 25. The molecule has 34 atom stereocenters. The third kappa shape index (κ3) is 33.0. The maximum absolute atomic E-state index is 13.7. The van der Waals surface area contributed by atoms with Crippen molar-refractivity contribution in [1.82, 2.24) is 21.3 Å². The number of rotatable bonds is 61. The molecular weight excluding hydrogens is 1720 g/mol. The molecule has 6 saturated heterocycles. The molecule has 0 bridgehead atoms. The van der Waals surface area contributed by atoms with Crippen molar-refractivity contribution in [1.29, 1.82) is 0 Å². The minimum atomic E-state index is -3.59. The van der Waals surface area contributed by atoms with Crippen molar-refractivity contribution in [2.75, 3.05) is 59.5 Å². The summed E-state index contributed by atoms with van der Waals surface area (Å²) in [4.78, 5) is 78.8. The molecule has 4 amide bonds. The lowest BCUT2D eigenvalue weighted by atomic mass is 9.87. The standard InChI is InChI=1S/C84H148N4O41/c1-4-6-8-10-12-14-16-18-19-21-23-25-27-29-31-33-56(102)86-46(47(98)32-30-28-26-24-22-20-17-15-13-11-9-7-5-2)44-118-78-68(111)67(110)72(55(41-94)122-78)124-79-69(112)75(63(106)51(37-90)119-79)125-77-61(85-45(3)97)66(109)71(54(40-93)121-77)123-80-70(113)76(64(107)52(38-91)120-80)129-84(82(116)117)35-49(100)60(88-58(104)43-96)74(128-84)65(108)53(39-92)126-83(81(114)115)34-48(99)59(87-57(103)42-95)73(127-83)62(105)50(101)36-89/h30,32,46-55,59-80,89-96,98-101,105-113H,4-29,31,33-44H2,1-3H3,(H,85,97)(H,86,102)(H,87,103)(H,88,104)(H,114,115)(H,116,117)/b32-30+/t46-,47+,48?,49?,50+,51?,52?,53+,54?,55?,59+,60+,61?,62+,63-,64-,65+,66+,67+,68?,69?,70?,71+,72+,73?,74?,75-,76-,77-,78+,79-,80-,83+,84-/m0/s1. The smallest absolute Gasteiger partial charge is 0.364 e. The van der Waals surface area contributed by atoms with Gasteiger partial charge in [0.25, 0.3) is 11.6 Å². The van der Waals surface area contributed by atoms with Gasteiger partial charge >= 0.3 is 11.9 Å². The van der Waals surface area contributed by atoms with Crippen LogP contribution in [0.15, 0.2) is 12.2 Å². The van der Waals surface area contributed by atoms with E-state index in [1.807, 2.05) is 16.7 Å². The van der Waals surface area contributed by atoms with Crippen LogP contribution in [-0.2, 0) is 85.6 Å². The molecule has 45 heteroatoms. The summed E-state index contributed by atoms with van der Waals surface area (Å²) in [6.45, 7) is -5.26. The number of carbonyl (C=O) groups is 6. The summed E-state index contributed by atoms with van der Waals surface area (Å²) in [5.74, 6) is -15.6. The van der Waals surface area contributed by atoms with Gasteiger partial charge < -0.3 is 196 Å². The highest BCUT2D eigenvalue weighted by Crippen LogP contribution is 2.42. The number of carboxylic acid groups (broad SMARTS) is 2. The Labute approximate surface area is 749 Å².